The molecule has 0 unspecified atom stereocenters. The van der Waals surface area contributed by atoms with Gasteiger partial charge in [-0.2, -0.15) is 4.31 Å². The molecule has 0 N–H and O–H groups in total. The third kappa shape index (κ3) is 6.47. The van der Waals surface area contributed by atoms with Crippen LogP contribution >= 0.6 is 11.8 Å². The fourth-order valence-electron chi connectivity index (χ4n) is 5.70. The van der Waals surface area contributed by atoms with Gasteiger partial charge in [0.25, 0.3) is 0 Å². The van der Waals surface area contributed by atoms with Gasteiger partial charge in [0.2, 0.25) is 10.0 Å². The van der Waals surface area contributed by atoms with Gasteiger partial charge in [-0.05, 0) is 28.7 Å². The Morgan fingerprint density at radius 3 is 1.71 bits per heavy atom. The quantitative estimate of drug-likeness (QED) is 0.154. The van der Waals surface area contributed by atoms with Crippen LogP contribution in [0.15, 0.2) is 121 Å². The lowest BCUT2D eigenvalue weighted by Crippen LogP contribution is -2.38. The van der Waals surface area contributed by atoms with E-state index < -0.39 is 32.9 Å². The van der Waals surface area contributed by atoms with E-state index in [1.807, 2.05) is 72.8 Å². The molecule has 4 aromatic carbocycles. The number of esters is 1. The zero-order valence-corrected chi connectivity index (χ0v) is 25.3. The third-order valence-electron chi connectivity index (χ3n) is 7.61. The molecule has 8 heteroatoms. The highest BCUT2D eigenvalue weighted by Gasteiger charge is 2.45. The molecular formula is C34H35NO5S2. The number of benzene rings is 4. The summed E-state index contributed by atoms with van der Waals surface area (Å²) >= 11 is 1.77. The molecule has 1 saturated heterocycles. The predicted octanol–water partition coefficient (Wildman–Crippen LogP) is 6.05. The van der Waals surface area contributed by atoms with Crippen LogP contribution in [-0.4, -0.2) is 56.5 Å². The Hall–Kier alpha value is -3.43. The third-order valence-corrected chi connectivity index (χ3v) is 10.6. The summed E-state index contributed by atoms with van der Waals surface area (Å²) in [5.41, 5.74) is 4.02. The predicted molar refractivity (Wildman–Crippen MR) is 168 cm³/mol. The van der Waals surface area contributed by atoms with E-state index in [0.29, 0.717) is 18.5 Å². The summed E-state index contributed by atoms with van der Waals surface area (Å²) in [4.78, 5) is 12.6. The number of ether oxygens (including phenoxy) is 2. The Balaban J connectivity index is 1.49. The number of rotatable bonds is 11. The van der Waals surface area contributed by atoms with Crippen molar-refractivity contribution in [3.8, 4) is 0 Å². The average molecular weight is 602 g/mol. The van der Waals surface area contributed by atoms with Gasteiger partial charge in [-0.1, -0.05) is 121 Å². The van der Waals surface area contributed by atoms with Crippen LogP contribution in [0.2, 0.25) is 0 Å². The van der Waals surface area contributed by atoms with Crippen molar-refractivity contribution >= 4 is 27.8 Å². The number of methoxy groups -OCH3 is 1. The molecule has 0 bridgehead atoms. The SMILES string of the molecule is COC(=O)[C@H](OC[C@@H]1C[C@@H](SC(c2ccccc2)(c2ccccc2)c2ccccc2)CN1S(C)(=O)=O)c1ccccc1. The molecule has 5 rings (SSSR count). The van der Waals surface area contributed by atoms with Gasteiger partial charge in [0, 0.05) is 17.8 Å². The smallest absolute Gasteiger partial charge is 0.339 e. The molecule has 0 saturated carbocycles. The maximum Gasteiger partial charge on any atom is 0.339 e. The van der Waals surface area contributed by atoms with Gasteiger partial charge in [0.1, 0.15) is 0 Å². The summed E-state index contributed by atoms with van der Waals surface area (Å²) in [6, 6.07) is 39.8. The molecule has 1 heterocycles. The van der Waals surface area contributed by atoms with Gasteiger partial charge < -0.3 is 9.47 Å². The summed E-state index contributed by atoms with van der Waals surface area (Å²) in [5, 5.41) is -0.0535. The van der Waals surface area contributed by atoms with Crippen LogP contribution in [0, 0.1) is 0 Å². The normalized spacial score (nSPS) is 18.4. The summed E-state index contributed by atoms with van der Waals surface area (Å²) in [6.45, 7) is 0.397. The number of hydrogen-bond acceptors (Lipinski definition) is 6. The van der Waals surface area contributed by atoms with Gasteiger partial charge >= 0.3 is 5.97 Å². The van der Waals surface area contributed by atoms with Crippen LogP contribution in [-0.2, 0) is 29.0 Å². The molecule has 3 atom stereocenters. The Labute approximate surface area is 252 Å². The lowest BCUT2D eigenvalue weighted by Gasteiger charge is -2.37. The van der Waals surface area contributed by atoms with Crippen LogP contribution in [0.3, 0.4) is 0 Å². The zero-order chi connectivity index (χ0) is 29.6. The standard InChI is InChI=1S/C34H35NO5S2/c1-39-33(36)32(26-15-7-3-8-16-26)40-25-30-23-31(24-35(30)42(2,37)38)41-34(27-17-9-4-10-18-27,28-19-11-5-12-20-28)29-21-13-6-14-22-29/h3-22,30-32H,23-25H2,1-2H3/t30-,31+,32+/m0/s1. The van der Waals surface area contributed by atoms with Crippen LogP contribution in [0.25, 0.3) is 0 Å². The number of nitrogens with zero attached hydrogens (tertiary/aromatic N) is 1. The Morgan fingerprint density at radius 1 is 0.833 bits per heavy atom. The van der Waals surface area contributed by atoms with Crippen molar-refractivity contribution in [1.82, 2.24) is 4.31 Å². The number of carbonyl (C=O) groups excluding carboxylic acids is 1. The Kier molecular flexibility index (Phi) is 9.48. The van der Waals surface area contributed by atoms with Gasteiger partial charge in [-0.3, -0.25) is 0 Å². The molecule has 0 radical (unpaired) electrons. The Morgan fingerprint density at radius 2 is 1.29 bits per heavy atom. The summed E-state index contributed by atoms with van der Waals surface area (Å²) < 4.78 is 38.2. The second kappa shape index (κ2) is 13.3. The summed E-state index contributed by atoms with van der Waals surface area (Å²) in [6.07, 6.45) is 0.858. The number of carbonyl (C=O) groups is 1. The topological polar surface area (TPSA) is 72.9 Å². The van der Waals surface area contributed by atoms with Crippen molar-refractivity contribution in [3.63, 3.8) is 0 Å². The average Bonchev–Trinajstić information content (AvgIpc) is 3.45. The van der Waals surface area contributed by atoms with E-state index in [0.717, 1.165) is 16.7 Å². The fraction of sp³-hybridized carbons (Fsp3) is 0.265. The number of thioether (sulfide) groups is 1. The van der Waals surface area contributed by atoms with Crippen molar-refractivity contribution in [2.45, 2.75) is 28.6 Å². The van der Waals surface area contributed by atoms with Crippen molar-refractivity contribution in [1.29, 1.82) is 0 Å². The first-order valence-electron chi connectivity index (χ1n) is 13.9. The molecule has 1 aliphatic heterocycles. The number of hydrogen-bond donors (Lipinski definition) is 0. The Bertz CT molecular complexity index is 1450. The maximum absolute atomic E-state index is 13.0. The molecule has 1 fully saturated rings. The monoisotopic (exact) mass is 601 g/mol. The van der Waals surface area contributed by atoms with Crippen molar-refractivity contribution < 1.29 is 22.7 Å². The van der Waals surface area contributed by atoms with E-state index in [1.54, 1.807) is 23.9 Å². The van der Waals surface area contributed by atoms with E-state index in [2.05, 4.69) is 36.4 Å². The van der Waals surface area contributed by atoms with E-state index in [9.17, 15) is 13.2 Å². The minimum absolute atomic E-state index is 0.0535. The fourth-order valence-corrected chi connectivity index (χ4v) is 8.81. The van der Waals surface area contributed by atoms with E-state index in [4.69, 9.17) is 9.47 Å². The molecule has 0 aliphatic carbocycles. The van der Waals surface area contributed by atoms with E-state index in [-0.39, 0.29) is 11.9 Å². The first kappa shape index (κ1) is 30.0. The van der Waals surface area contributed by atoms with E-state index >= 15 is 0 Å². The van der Waals surface area contributed by atoms with Crippen LogP contribution in [0.1, 0.15) is 34.8 Å². The largest absolute Gasteiger partial charge is 0.467 e. The lowest BCUT2D eigenvalue weighted by atomic mass is 9.84. The van der Waals surface area contributed by atoms with Gasteiger partial charge in [0.15, 0.2) is 6.10 Å². The highest BCUT2D eigenvalue weighted by atomic mass is 32.2. The minimum Gasteiger partial charge on any atom is -0.467 e. The van der Waals surface area contributed by atoms with Crippen molar-refractivity contribution in [2.75, 3.05) is 26.5 Å². The first-order chi connectivity index (χ1) is 20.3. The van der Waals surface area contributed by atoms with Gasteiger partial charge in [-0.25, -0.2) is 13.2 Å². The summed E-state index contributed by atoms with van der Waals surface area (Å²) in [5.74, 6) is -0.521. The molecule has 4 aromatic rings. The minimum atomic E-state index is -3.55. The highest BCUT2D eigenvalue weighted by Crippen LogP contribution is 2.52. The molecule has 42 heavy (non-hydrogen) atoms. The lowest BCUT2D eigenvalue weighted by molar-refractivity contribution is -0.155. The van der Waals surface area contributed by atoms with Crippen molar-refractivity contribution in [3.05, 3.63) is 144 Å². The molecule has 218 valence electrons. The summed E-state index contributed by atoms with van der Waals surface area (Å²) in [7, 11) is -2.23. The molecule has 0 amide bonds. The molecule has 6 nitrogen and oxygen atoms in total. The highest BCUT2D eigenvalue weighted by molar-refractivity contribution is 8.01. The van der Waals surface area contributed by atoms with Gasteiger partial charge in [-0.15, -0.1) is 11.8 Å². The second-order valence-corrected chi connectivity index (χ2v) is 13.8. The van der Waals surface area contributed by atoms with E-state index in [1.165, 1.54) is 17.7 Å². The van der Waals surface area contributed by atoms with Crippen molar-refractivity contribution in [2.24, 2.45) is 0 Å². The first-order valence-corrected chi connectivity index (χ1v) is 16.6. The molecule has 0 spiro atoms. The maximum atomic E-state index is 13.0. The van der Waals surface area contributed by atoms with Crippen LogP contribution in [0.5, 0.6) is 0 Å². The van der Waals surface area contributed by atoms with Crippen LogP contribution < -0.4 is 0 Å². The molecular weight excluding hydrogens is 567 g/mol. The second-order valence-electron chi connectivity index (χ2n) is 10.4. The van der Waals surface area contributed by atoms with Crippen LogP contribution in [0.4, 0.5) is 0 Å². The molecule has 1 aliphatic rings. The zero-order valence-electron chi connectivity index (χ0n) is 23.7. The number of sulfonamides is 1. The molecule has 0 aromatic heterocycles. The van der Waals surface area contributed by atoms with Gasteiger partial charge in [0.05, 0.1) is 24.7 Å².